The highest BCUT2D eigenvalue weighted by atomic mass is 16.6. The molecule has 6 nitrogen and oxygen atoms in total. The molecule has 0 bridgehead atoms. The Balaban J connectivity index is 1.62. The molecule has 0 unspecified atom stereocenters. The Labute approximate surface area is 194 Å². The first kappa shape index (κ1) is 23.9. The average Bonchev–Trinajstić information content (AvgIpc) is 2.79. The van der Waals surface area contributed by atoms with Gasteiger partial charge in [-0.25, -0.2) is 9.59 Å². The molecule has 0 aliphatic rings. The summed E-state index contributed by atoms with van der Waals surface area (Å²) in [5, 5.41) is 2.58. The molecule has 1 amide bonds. The van der Waals surface area contributed by atoms with Gasteiger partial charge in [0, 0.05) is 6.42 Å². The standard InChI is InChI=1S/C27H29NO5/c1-27(2,3)33-26(30)28-24(25(29)31-4)18-19-10-14-22(15-11-19)32-23-16-12-21(13-17-23)20-8-6-5-7-9-20/h5-17,24H,18H2,1-4H3,(H,28,30)/t24-/m0/s1. The summed E-state index contributed by atoms with van der Waals surface area (Å²) in [7, 11) is 1.28. The topological polar surface area (TPSA) is 73.9 Å². The molecule has 3 aromatic carbocycles. The molecule has 33 heavy (non-hydrogen) atoms. The lowest BCUT2D eigenvalue weighted by atomic mass is 10.1. The van der Waals surface area contributed by atoms with Gasteiger partial charge in [-0.3, -0.25) is 0 Å². The number of alkyl carbamates (subject to hydrolysis) is 1. The molecular weight excluding hydrogens is 418 g/mol. The molecule has 1 N–H and O–H groups in total. The van der Waals surface area contributed by atoms with Crippen molar-refractivity contribution in [3.8, 4) is 22.6 Å². The molecule has 1 atom stereocenters. The molecule has 0 radical (unpaired) electrons. The van der Waals surface area contributed by atoms with Crippen LogP contribution in [0.3, 0.4) is 0 Å². The predicted molar refractivity (Wildman–Crippen MR) is 127 cm³/mol. The van der Waals surface area contributed by atoms with E-state index in [2.05, 4.69) is 17.4 Å². The molecule has 0 aliphatic heterocycles. The number of carbonyl (C=O) groups excluding carboxylic acids is 2. The molecule has 0 saturated carbocycles. The summed E-state index contributed by atoms with van der Waals surface area (Å²) in [6, 6.07) is 24.5. The van der Waals surface area contributed by atoms with Crippen LogP contribution in [0.15, 0.2) is 78.9 Å². The molecule has 0 aromatic heterocycles. The smallest absolute Gasteiger partial charge is 0.408 e. The lowest BCUT2D eigenvalue weighted by Crippen LogP contribution is -2.45. The first-order chi connectivity index (χ1) is 15.7. The quantitative estimate of drug-likeness (QED) is 0.467. The SMILES string of the molecule is COC(=O)[C@H](Cc1ccc(Oc2ccc(-c3ccccc3)cc2)cc1)NC(=O)OC(C)(C)C. The number of hydrogen-bond acceptors (Lipinski definition) is 5. The molecule has 0 saturated heterocycles. The van der Waals surface area contributed by atoms with Gasteiger partial charge in [-0.05, 0) is 61.7 Å². The summed E-state index contributed by atoms with van der Waals surface area (Å²) in [6.07, 6.45) is -0.408. The number of nitrogens with one attached hydrogen (secondary N) is 1. The minimum absolute atomic E-state index is 0.262. The Bertz CT molecular complexity index is 1050. The molecule has 0 fully saturated rings. The van der Waals surface area contributed by atoms with Crippen LogP contribution in [0.5, 0.6) is 11.5 Å². The van der Waals surface area contributed by atoms with Crippen molar-refractivity contribution in [3.63, 3.8) is 0 Å². The van der Waals surface area contributed by atoms with Crippen LogP contribution in [-0.2, 0) is 20.7 Å². The van der Waals surface area contributed by atoms with Crippen LogP contribution >= 0.6 is 0 Å². The predicted octanol–water partition coefficient (Wildman–Crippen LogP) is 5.75. The third kappa shape index (κ3) is 7.38. The molecule has 172 valence electrons. The highest BCUT2D eigenvalue weighted by Gasteiger charge is 2.25. The second-order valence-electron chi connectivity index (χ2n) is 8.56. The van der Waals surface area contributed by atoms with Gasteiger partial charge in [0.25, 0.3) is 0 Å². The Hall–Kier alpha value is -3.80. The molecule has 0 heterocycles. The van der Waals surface area contributed by atoms with E-state index in [4.69, 9.17) is 14.2 Å². The van der Waals surface area contributed by atoms with Crippen molar-refractivity contribution in [3.05, 3.63) is 84.4 Å². The number of hydrogen-bond donors (Lipinski definition) is 1. The van der Waals surface area contributed by atoms with E-state index in [-0.39, 0.29) is 6.42 Å². The maximum atomic E-state index is 12.1. The van der Waals surface area contributed by atoms with Crippen LogP contribution in [0.4, 0.5) is 4.79 Å². The lowest BCUT2D eigenvalue weighted by Gasteiger charge is -2.22. The monoisotopic (exact) mass is 447 g/mol. The van der Waals surface area contributed by atoms with Gasteiger partial charge in [0.05, 0.1) is 7.11 Å². The van der Waals surface area contributed by atoms with E-state index in [1.807, 2.05) is 66.7 Å². The fourth-order valence-electron chi connectivity index (χ4n) is 3.20. The average molecular weight is 448 g/mol. The van der Waals surface area contributed by atoms with Crippen LogP contribution in [0, 0.1) is 0 Å². The molecular formula is C27H29NO5. The first-order valence-electron chi connectivity index (χ1n) is 10.7. The number of ether oxygens (including phenoxy) is 3. The van der Waals surface area contributed by atoms with Crippen LogP contribution < -0.4 is 10.1 Å². The van der Waals surface area contributed by atoms with Gasteiger partial charge >= 0.3 is 12.1 Å². The van der Waals surface area contributed by atoms with Gasteiger partial charge in [0.2, 0.25) is 0 Å². The zero-order valence-corrected chi connectivity index (χ0v) is 19.3. The zero-order chi connectivity index (χ0) is 23.8. The maximum absolute atomic E-state index is 12.1. The number of amides is 1. The summed E-state index contributed by atoms with van der Waals surface area (Å²) < 4.78 is 16.0. The highest BCUT2D eigenvalue weighted by Crippen LogP contribution is 2.26. The number of esters is 1. The van der Waals surface area contributed by atoms with Crippen molar-refractivity contribution in [1.82, 2.24) is 5.32 Å². The van der Waals surface area contributed by atoms with Crippen molar-refractivity contribution < 1.29 is 23.8 Å². The fraction of sp³-hybridized carbons (Fsp3) is 0.259. The fourth-order valence-corrected chi connectivity index (χ4v) is 3.20. The lowest BCUT2D eigenvalue weighted by molar-refractivity contribution is -0.143. The van der Waals surface area contributed by atoms with E-state index in [0.717, 1.165) is 22.4 Å². The van der Waals surface area contributed by atoms with Gasteiger partial charge in [0.15, 0.2) is 0 Å². The van der Waals surface area contributed by atoms with Crippen molar-refractivity contribution in [2.45, 2.75) is 38.8 Å². The van der Waals surface area contributed by atoms with Crippen LogP contribution in [-0.4, -0.2) is 30.8 Å². The van der Waals surface area contributed by atoms with Gasteiger partial charge in [0.1, 0.15) is 23.1 Å². The van der Waals surface area contributed by atoms with Crippen molar-refractivity contribution in [2.75, 3.05) is 7.11 Å². The van der Waals surface area contributed by atoms with Crippen molar-refractivity contribution >= 4 is 12.1 Å². The molecule has 0 spiro atoms. The second-order valence-corrected chi connectivity index (χ2v) is 8.56. The minimum atomic E-state index is -0.859. The van der Waals surface area contributed by atoms with E-state index in [1.165, 1.54) is 7.11 Å². The highest BCUT2D eigenvalue weighted by molar-refractivity contribution is 5.81. The maximum Gasteiger partial charge on any atom is 0.408 e. The Kier molecular flexibility index (Phi) is 7.72. The van der Waals surface area contributed by atoms with Crippen LogP contribution in [0.2, 0.25) is 0 Å². The number of rotatable bonds is 7. The summed E-state index contributed by atoms with van der Waals surface area (Å²) in [4.78, 5) is 24.2. The Morgan fingerprint density at radius 3 is 1.91 bits per heavy atom. The normalized spacial score (nSPS) is 11.9. The first-order valence-corrected chi connectivity index (χ1v) is 10.7. The number of benzene rings is 3. The summed E-state index contributed by atoms with van der Waals surface area (Å²) >= 11 is 0. The van der Waals surface area contributed by atoms with Gasteiger partial charge in [-0.2, -0.15) is 0 Å². The van der Waals surface area contributed by atoms with Crippen molar-refractivity contribution in [2.24, 2.45) is 0 Å². The van der Waals surface area contributed by atoms with E-state index in [9.17, 15) is 9.59 Å². The van der Waals surface area contributed by atoms with Crippen LogP contribution in [0.1, 0.15) is 26.3 Å². The second kappa shape index (κ2) is 10.7. The van der Waals surface area contributed by atoms with E-state index in [1.54, 1.807) is 20.8 Å². The minimum Gasteiger partial charge on any atom is -0.467 e. The van der Waals surface area contributed by atoms with Gasteiger partial charge < -0.3 is 19.5 Å². The Morgan fingerprint density at radius 2 is 1.36 bits per heavy atom. The number of methoxy groups -OCH3 is 1. The molecule has 6 heteroatoms. The number of carbonyl (C=O) groups is 2. The van der Waals surface area contributed by atoms with E-state index in [0.29, 0.717) is 5.75 Å². The zero-order valence-electron chi connectivity index (χ0n) is 19.3. The molecule has 3 rings (SSSR count). The summed E-state index contributed by atoms with van der Waals surface area (Å²) in [5.41, 5.74) is 2.44. The molecule has 0 aliphatic carbocycles. The van der Waals surface area contributed by atoms with Crippen molar-refractivity contribution in [1.29, 1.82) is 0 Å². The van der Waals surface area contributed by atoms with Gasteiger partial charge in [-0.15, -0.1) is 0 Å². The van der Waals surface area contributed by atoms with Crippen LogP contribution in [0.25, 0.3) is 11.1 Å². The third-order valence-corrected chi connectivity index (χ3v) is 4.74. The largest absolute Gasteiger partial charge is 0.467 e. The third-order valence-electron chi connectivity index (χ3n) is 4.74. The molecule has 3 aromatic rings. The summed E-state index contributed by atoms with van der Waals surface area (Å²) in [5.74, 6) is 0.849. The van der Waals surface area contributed by atoms with E-state index < -0.39 is 23.7 Å². The summed E-state index contributed by atoms with van der Waals surface area (Å²) in [6.45, 7) is 5.27. The Morgan fingerprint density at radius 1 is 0.818 bits per heavy atom. The van der Waals surface area contributed by atoms with E-state index >= 15 is 0 Å². The van der Waals surface area contributed by atoms with Gasteiger partial charge in [-0.1, -0.05) is 54.6 Å².